The maximum atomic E-state index is 13.3. The molecule has 1 aromatic heterocycles. The van der Waals surface area contributed by atoms with E-state index in [2.05, 4.69) is 15.2 Å². The first-order valence-corrected chi connectivity index (χ1v) is 8.40. The Hall–Kier alpha value is -2.49. The molecule has 1 fully saturated rings. The van der Waals surface area contributed by atoms with Crippen molar-refractivity contribution in [3.8, 4) is 6.07 Å². The number of hydrogen-bond acceptors (Lipinski definition) is 5. The number of nitriles is 1. The van der Waals surface area contributed by atoms with Gasteiger partial charge in [0.15, 0.2) is 0 Å². The van der Waals surface area contributed by atoms with Crippen molar-refractivity contribution in [2.75, 3.05) is 31.5 Å². The maximum absolute atomic E-state index is 13.3. The molecular weight excluding hydrogens is 319 g/mol. The number of rotatable bonds is 6. The molecule has 2 aromatic rings. The molecule has 2 N–H and O–H groups in total. The summed E-state index contributed by atoms with van der Waals surface area (Å²) >= 11 is 0. The first-order chi connectivity index (χ1) is 12.1. The van der Waals surface area contributed by atoms with Crippen LogP contribution in [0.15, 0.2) is 42.6 Å². The molecule has 3 rings (SSSR count). The third kappa shape index (κ3) is 4.75. The molecule has 0 unspecified atom stereocenters. The van der Waals surface area contributed by atoms with Crippen molar-refractivity contribution in [1.82, 2.24) is 9.88 Å². The lowest BCUT2D eigenvalue weighted by molar-refractivity contribution is 0.124. The van der Waals surface area contributed by atoms with Gasteiger partial charge in [-0.1, -0.05) is 12.1 Å². The number of benzene rings is 1. The van der Waals surface area contributed by atoms with Crippen LogP contribution in [-0.4, -0.2) is 41.2 Å². The van der Waals surface area contributed by atoms with E-state index in [4.69, 9.17) is 5.26 Å². The van der Waals surface area contributed by atoms with Crippen LogP contribution in [0.2, 0.25) is 0 Å². The molecule has 5 nitrogen and oxygen atoms in total. The van der Waals surface area contributed by atoms with E-state index in [0.717, 1.165) is 31.9 Å². The molecule has 6 heteroatoms. The fourth-order valence-corrected chi connectivity index (χ4v) is 3.12. The summed E-state index contributed by atoms with van der Waals surface area (Å²) in [5.74, 6) is 0.907. The number of aromatic nitrogens is 1. The lowest BCUT2D eigenvalue weighted by Gasteiger charge is -2.20. The van der Waals surface area contributed by atoms with Crippen LogP contribution in [0.5, 0.6) is 0 Å². The number of nitrogens with zero attached hydrogens (tertiary/aromatic N) is 3. The lowest BCUT2D eigenvalue weighted by Crippen LogP contribution is -2.27. The van der Waals surface area contributed by atoms with E-state index >= 15 is 0 Å². The zero-order valence-electron chi connectivity index (χ0n) is 13.9. The van der Waals surface area contributed by atoms with Gasteiger partial charge >= 0.3 is 0 Å². The van der Waals surface area contributed by atoms with Gasteiger partial charge in [-0.15, -0.1) is 0 Å². The van der Waals surface area contributed by atoms with Gasteiger partial charge in [-0.3, -0.25) is 0 Å². The van der Waals surface area contributed by atoms with E-state index in [-0.39, 0.29) is 5.82 Å². The molecule has 1 saturated heterocycles. The van der Waals surface area contributed by atoms with E-state index in [0.29, 0.717) is 23.6 Å². The van der Waals surface area contributed by atoms with E-state index in [1.165, 1.54) is 12.1 Å². The van der Waals surface area contributed by atoms with Crippen LogP contribution in [0, 0.1) is 23.1 Å². The van der Waals surface area contributed by atoms with E-state index in [1.54, 1.807) is 30.5 Å². The second-order valence-electron chi connectivity index (χ2n) is 6.41. The van der Waals surface area contributed by atoms with Crippen LogP contribution in [0.1, 0.15) is 23.7 Å². The molecule has 1 aromatic carbocycles. The third-order valence-electron chi connectivity index (χ3n) is 4.50. The number of halogens is 1. The number of aliphatic hydroxyl groups excluding tert-OH is 1. The number of hydrogen-bond donors (Lipinski definition) is 2. The summed E-state index contributed by atoms with van der Waals surface area (Å²) in [6, 6.07) is 11.7. The Bertz CT molecular complexity index is 744. The molecule has 25 heavy (non-hydrogen) atoms. The minimum absolute atomic E-state index is 0.324. The Morgan fingerprint density at radius 2 is 2.28 bits per heavy atom. The summed E-state index contributed by atoms with van der Waals surface area (Å²) in [5, 5.41) is 22.4. The molecule has 1 aliphatic rings. The van der Waals surface area contributed by atoms with Crippen LogP contribution >= 0.6 is 0 Å². The smallest absolute Gasteiger partial charge is 0.125 e. The van der Waals surface area contributed by atoms with Gasteiger partial charge in [-0.2, -0.15) is 5.26 Å². The highest BCUT2D eigenvalue weighted by Gasteiger charge is 2.24. The standard InChI is InChI=1S/C19H21FN4O/c20-17-3-1-2-16(8-17)18(25)13-24-7-6-15(12-24)11-23-19-5-4-14(9-21)10-22-19/h1-5,8,10,15,18,25H,6-7,11-13H2,(H,22,23)/t15-,18+/m0/s1. The molecule has 0 radical (unpaired) electrons. The lowest BCUT2D eigenvalue weighted by atomic mass is 10.1. The van der Waals surface area contributed by atoms with Crippen molar-refractivity contribution in [3.05, 3.63) is 59.5 Å². The number of aliphatic hydroxyl groups is 1. The fourth-order valence-electron chi connectivity index (χ4n) is 3.12. The van der Waals surface area contributed by atoms with Gasteiger partial charge in [0.1, 0.15) is 17.7 Å². The molecule has 0 spiro atoms. The zero-order valence-corrected chi connectivity index (χ0v) is 13.9. The van der Waals surface area contributed by atoms with Crippen molar-refractivity contribution in [1.29, 1.82) is 5.26 Å². The van der Waals surface area contributed by atoms with Gasteiger partial charge < -0.3 is 15.3 Å². The number of β-amino-alcohol motifs (C(OH)–C–C–N with tert-alkyl or cyclic N) is 1. The van der Waals surface area contributed by atoms with Gasteiger partial charge in [0, 0.05) is 25.8 Å². The topological polar surface area (TPSA) is 72.2 Å². The Labute approximate surface area is 146 Å². The van der Waals surface area contributed by atoms with Crippen LogP contribution in [0.4, 0.5) is 10.2 Å². The second-order valence-corrected chi connectivity index (χ2v) is 6.41. The Balaban J connectivity index is 1.46. The van der Waals surface area contributed by atoms with E-state index in [9.17, 15) is 9.50 Å². The molecule has 0 saturated carbocycles. The fraction of sp³-hybridized carbons (Fsp3) is 0.368. The molecule has 0 amide bonds. The van der Waals surface area contributed by atoms with Crippen LogP contribution in [0.25, 0.3) is 0 Å². The second kappa shape index (κ2) is 8.06. The van der Waals surface area contributed by atoms with Gasteiger partial charge in [0.25, 0.3) is 0 Å². The maximum Gasteiger partial charge on any atom is 0.125 e. The minimum Gasteiger partial charge on any atom is -0.387 e. The summed E-state index contributed by atoms with van der Waals surface area (Å²) in [6.45, 7) is 3.11. The number of pyridine rings is 1. The molecular formula is C19H21FN4O. The molecule has 130 valence electrons. The van der Waals surface area contributed by atoms with Gasteiger partial charge in [-0.05, 0) is 48.7 Å². The summed E-state index contributed by atoms with van der Waals surface area (Å²) < 4.78 is 13.3. The number of anilines is 1. The van der Waals surface area contributed by atoms with Crippen molar-refractivity contribution in [2.24, 2.45) is 5.92 Å². The Morgan fingerprint density at radius 3 is 3.00 bits per heavy atom. The van der Waals surface area contributed by atoms with Crippen LogP contribution in [0.3, 0.4) is 0 Å². The first-order valence-electron chi connectivity index (χ1n) is 8.40. The van der Waals surface area contributed by atoms with Crippen molar-refractivity contribution in [3.63, 3.8) is 0 Å². The van der Waals surface area contributed by atoms with Gasteiger partial charge in [-0.25, -0.2) is 9.37 Å². The summed E-state index contributed by atoms with van der Waals surface area (Å²) in [7, 11) is 0. The monoisotopic (exact) mass is 340 g/mol. The van der Waals surface area contributed by atoms with E-state index < -0.39 is 6.10 Å². The SMILES string of the molecule is N#Cc1ccc(NC[C@@H]2CCN(C[C@@H](O)c3cccc(F)c3)C2)nc1. The highest BCUT2D eigenvalue weighted by molar-refractivity contribution is 5.38. The summed E-state index contributed by atoms with van der Waals surface area (Å²) in [4.78, 5) is 6.41. The summed E-state index contributed by atoms with van der Waals surface area (Å²) in [5.41, 5.74) is 1.16. The van der Waals surface area contributed by atoms with Crippen molar-refractivity contribution in [2.45, 2.75) is 12.5 Å². The molecule has 2 heterocycles. The average Bonchev–Trinajstić information content (AvgIpc) is 3.08. The predicted octanol–water partition coefficient (Wildman–Crippen LogP) is 2.56. The largest absolute Gasteiger partial charge is 0.387 e. The Kier molecular flexibility index (Phi) is 5.59. The third-order valence-corrected chi connectivity index (χ3v) is 4.50. The van der Waals surface area contributed by atoms with Crippen molar-refractivity contribution >= 4 is 5.82 Å². The highest BCUT2D eigenvalue weighted by atomic mass is 19.1. The van der Waals surface area contributed by atoms with Gasteiger partial charge in [0.05, 0.1) is 11.7 Å². The van der Waals surface area contributed by atoms with Gasteiger partial charge in [0.2, 0.25) is 0 Å². The van der Waals surface area contributed by atoms with Crippen molar-refractivity contribution < 1.29 is 9.50 Å². The minimum atomic E-state index is -0.678. The quantitative estimate of drug-likeness (QED) is 0.846. The molecule has 2 atom stereocenters. The predicted molar refractivity (Wildman–Crippen MR) is 93.3 cm³/mol. The first kappa shape index (κ1) is 17.3. The molecule has 1 aliphatic heterocycles. The number of nitrogens with one attached hydrogen (secondary N) is 1. The zero-order chi connectivity index (χ0) is 17.6. The average molecular weight is 340 g/mol. The van der Waals surface area contributed by atoms with Crippen LogP contribution in [-0.2, 0) is 0 Å². The number of likely N-dealkylation sites (tertiary alicyclic amines) is 1. The normalized spacial score (nSPS) is 18.7. The molecule has 0 aliphatic carbocycles. The van der Waals surface area contributed by atoms with E-state index in [1.807, 2.05) is 6.07 Å². The van der Waals surface area contributed by atoms with Crippen LogP contribution < -0.4 is 5.32 Å². The Morgan fingerprint density at radius 1 is 1.40 bits per heavy atom. The highest BCUT2D eigenvalue weighted by Crippen LogP contribution is 2.21. The molecule has 0 bridgehead atoms. The summed E-state index contributed by atoms with van der Waals surface area (Å²) in [6.07, 6.45) is 1.92.